The van der Waals surface area contributed by atoms with Gasteiger partial charge in [0.05, 0.1) is 21.8 Å². The highest BCUT2D eigenvalue weighted by molar-refractivity contribution is 7.89. The normalized spacial score (nSPS) is 12.9. The van der Waals surface area contributed by atoms with E-state index < -0.39 is 28.4 Å². The monoisotopic (exact) mass is 454 g/mol. The number of nitrogens with zero attached hydrogens (tertiary/aromatic N) is 3. The van der Waals surface area contributed by atoms with Crippen LogP contribution in [0.2, 0.25) is 0 Å². The van der Waals surface area contributed by atoms with E-state index in [9.17, 15) is 23.3 Å². The Morgan fingerprint density at radius 3 is 2.09 bits per heavy atom. The standard InChI is InChI=1S/C22H22N4O5S/c1-4-24-32(29,30)16-11-9-15(10-12-16)22(28)31-14-20(27)17(13-23)21-25(2)18-7-5-6-8-19(18)26(21)3/h5-12,24H,4,14H2,1-3H3. The number of rotatable bonds is 7. The Morgan fingerprint density at radius 1 is 1.03 bits per heavy atom. The number of Topliss-reactive ketones (excluding diaryl/α,β-unsaturated/α-hetero) is 1. The maximum Gasteiger partial charge on any atom is 0.338 e. The Labute approximate surface area is 186 Å². The van der Waals surface area contributed by atoms with Crippen molar-refractivity contribution >= 4 is 33.2 Å². The van der Waals surface area contributed by atoms with Crippen LogP contribution in [-0.2, 0) is 19.6 Å². The topological polar surface area (TPSA) is 120 Å². The number of hydrogen-bond acceptors (Lipinski definition) is 8. The summed E-state index contributed by atoms with van der Waals surface area (Å²) in [5.41, 5.74) is 1.64. The van der Waals surface area contributed by atoms with Gasteiger partial charge < -0.3 is 14.5 Å². The molecule has 0 saturated heterocycles. The third-order valence-corrected chi connectivity index (χ3v) is 6.48. The Morgan fingerprint density at radius 2 is 1.59 bits per heavy atom. The van der Waals surface area contributed by atoms with Crippen molar-refractivity contribution in [2.24, 2.45) is 0 Å². The van der Waals surface area contributed by atoms with Gasteiger partial charge in [0, 0.05) is 20.6 Å². The Hall–Kier alpha value is -3.68. The maximum absolute atomic E-state index is 12.7. The van der Waals surface area contributed by atoms with Gasteiger partial charge in [0.15, 0.2) is 6.61 Å². The van der Waals surface area contributed by atoms with Gasteiger partial charge in [0.1, 0.15) is 17.5 Å². The van der Waals surface area contributed by atoms with Crippen LogP contribution in [0, 0.1) is 11.3 Å². The fourth-order valence-corrected chi connectivity index (χ4v) is 4.43. The number of carbonyl (C=O) groups excluding carboxylic acids is 2. The van der Waals surface area contributed by atoms with Gasteiger partial charge in [-0.2, -0.15) is 5.26 Å². The molecule has 10 heteroatoms. The third kappa shape index (κ3) is 4.34. The number of para-hydroxylation sites is 2. The first-order chi connectivity index (χ1) is 15.2. The lowest BCUT2D eigenvalue weighted by atomic mass is 10.2. The zero-order valence-electron chi connectivity index (χ0n) is 17.8. The van der Waals surface area contributed by atoms with Crippen molar-refractivity contribution in [1.82, 2.24) is 4.72 Å². The van der Waals surface area contributed by atoms with Crippen molar-refractivity contribution in [1.29, 1.82) is 5.26 Å². The second-order valence-electron chi connectivity index (χ2n) is 6.94. The average Bonchev–Trinajstić information content (AvgIpc) is 3.03. The number of nitriles is 1. The molecule has 0 fully saturated rings. The summed E-state index contributed by atoms with van der Waals surface area (Å²) in [6.45, 7) is 1.27. The van der Waals surface area contributed by atoms with E-state index in [1.807, 2.05) is 30.3 Å². The molecule has 9 nitrogen and oxygen atoms in total. The van der Waals surface area contributed by atoms with Crippen molar-refractivity contribution in [2.45, 2.75) is 11.8 Å². The molecule has 2 aromatic rings. The summed E-state index contributed by atoms with van der Waals surface area (Å²) in [5, 5.41) is 9.62. The van der Waals surface area contributed by atoms with Crippen LogP contribution >= 0.6 is 0 Å². The molecule has 1 N–H and O–H groups in total. The first kappa shape index (κ1) is 23.0. The highest BCUT2D eigenvalue weighted by atomic mass is 32.2. The van der Waals surface area contributed by atoms with Gasteiger partial charge in [-0.15, -0.1) is 0 Å². The maximum atomic E-state index is 12.7. The van der Waals surface area contributed by atoms with Crippen LogP contribution < -0.4 is 14.5 Å². The van der Waals surface area contributed by atoms with Gasteiger partial charge in [0.25, 0.3) is 0 Å². The first-order valence-corrected chi connectivity index (χ1v) is 11.2. The van der Waals surface area contributed by atoms with E-state index in [2.05, 4.69) is 4.72 Å². The van der Waals surface area contributed by atoms with E-state index in [4.69, 9.17) is 4.74 Å². The molecule has 1 aliphatic heterocycles. The second-order valence-corrected chi connectivity index (χ2v) is 8.71. The van der Waals surface area contributed by atoms with Gasteiger partial charge in [-0.1, -0.05) is 19.1 Å². The van der Waals surface area contributed by atoms with Crippen LogP contribution in [0.1, 0.15) is 17.3 Å². The minimum Gasteiger partial charge on any atom is -0.454 e. The minimum absolute atomic E-state index is 0.00958. The summed E-state index contributed by atoms with van der Waals surface area (Å²) in [4.78, 5) is 28.5. The van der Waals surface area contributed by atoms with Crippen molar-refractivity contribution in [3.05, 3.63) is 65.5 Å². The van der Waals surface area contributed by atoms with Crippen LogP contribution in [0.4, 0.5) is 11.4 Å². The molecule has 0 aliphatic carbocycles. The molecule has 0 saturated carbocycles. The molecule has 1 heterocycles. The summed E-state index contributed by atoms with van der Waals surface area (Å²) < 4.78 is 31.4. The molecule has 1 aliphatic rings. The van der Waals surface area contributed by atoms with Crippen LogP contribution in [0.25, 0.3) is 0 Å². The van der Waals surface area contributed by atoms with Gasteiger partial charge in [-0.05, 0) is 36.4 Å². The molecule has 3 rings (SSSR count). The van der Waals surface area contributed by atoms with E-state index in [0.717, 1.165) is 11.4 Å². The number of anilines is 2. The van der Waals surface area contributed by atoms with E-state index >= 15 is 0 Å². The number of fused-ring (bicyclic) bond motifs is 1. The second kappa shape index (κ2) is 9.21. The molecule has 2 aromatic carbocycles. The molecule has 166 valence electrons. The van der Waals surface area contributed by atoms with Crippen molar-refractivity contribution in [2.75, 3.05) is 37.0 Å². The first-order valence-electron chi connectivity index (χ1n) is 9.72. The Kier molecular flexibility index (Phi) is 6.62. The number of ketones is 1. The summed E-state index contributed by atoms with van der Waals surface area (Å²) in [6, 6.07) is 14.5. The summed E-state index contributed by atoms with van der Waals surface area (Å²) in [5.74, 6) is -1.05. The van der Waals surface area contributed by atoms with Gasteiger partial charge in [-0.3, -0.25) is 4.79 Å². The molecule has 0 bridgehead atoms. The molecule has 32 heavy (non-hydrogen) atoms. The molecular weight excluding hydrogens is 432 g/mol. The van der Waals surface area contributed by atoms with Crippen LogP contribution in [0.5, 0.6) is 0 Å². The largest absolute Gasteiger partial charge is 0.454 e. The summed E-state index contributed by atoms with van der Waals surface area (Å²) in [7, 11) is -0.149. The van der Waals surface area contributed by atoms with E-state index in [1.54, 1.807) is 30.8 Å². The van der Waals surface area contributed by atoms with Gasteiger partial charge in [0.2, 0.25) is 15.8 Å². The highest BCUT2D eigenvalue weighted by Gasteiger charge is 2.31. The number of ether oxygens (including phenoxy) is 1. The van der Waals surface area contributed by atoms with Crippen LogP contribution in [0.15, 0.2) is 64.8 Å². The number of nitrogens with one attached hydrogen (secondary N) is 1. The number of benzene rings is 2. The molecular formula is C22H22N4O5S. The number of sulfonamides is 1. The molecule has 0 unspecified atom stereocenters. The van der Waals surface area contributed by atoms with Crippen molar-refractivity contribution in [3.8, 4) is 6.07 Å². The Bertz CT molecular complexity index is 1200. The molecule has 0 aromatic heterocycles. The smallest absolute Gasteiger partial charge is 0.338 e. The third-order valence-electron chi connectivity index (χ3n) is 4.92. The molecule has 0 radical (unpaired) electrons. The van der Waals surface area contributed by atoms with Crippen LogP contribution in [0.3, 0.4) is 0 Å². The lowest BCUT2D eigenvalue weighted by Gasteiger charge is -2.19. The Balaban J connectivity index is 1.73. The quantitative estimate of drug-likeness (QED) is 0.383. The fraction of sp³-hybridized carbons (Fsp3) is 0.227. The zero-order chi connectivity index (χ0) is 23.5. The van der Waals surface area contributed by atoms with E-state index in [0.29, 0.717) is 5.82 Å². The lowest BCUT2D eigenvalue weighted by Crippen LogP contribution is -2.27. The SMILES string of the molecule is CCNS(=O)(=O)c1ccc(C(=O)OCC(=O)C(C#N)=C2N(C)c3ccccc3N2C)cc1. The lowest BCUT2D eigenvalue weighted by molar-refractivity contribution is -0.118. The molecule has 0 spiro atoms. The van der Waals surface area contributed by atoms with Crippen molar-refractivity contribution in [3.63, 3.8) is 0 Å². The predicted molar refractivity (Wildman–Crippen MR) is 118 cm³/mol. The van der Waals surface area contributed by atoms with Gasteiger partial charge in [-0.25, -0.2) is 17.9 Å². The predicted octanol–water partition coefficient (Wildman–Crippen LogP) is 2.03. The van der Waals surface area contributed by atoms with Crippen LogP contribution in [-0.4, -0.2) is 47.4 Å². The molecule has 0 atom stereocenters. The molecule has 0 amide bonds. The average molecular weight is 455 g/mol. The van der Waals surface area contributed by atoms with Gasteiger partial charge >= 0.3 is 5.97 Å². The number of esters is 1. The fourth-order valence-electron chi connectivity index (χ4n) is 3.39. The van der Waals surface area contributed by atoms with E-state index in [-0.39, 0.29) is 22.6 Å². The highest BCUT2D eigenvalue weighted by Crippen LogP contribution is 2.40. The summed E-state index contributed by atoms with van der Waals surface area (Å²) in [6.07, 6.45) is 0. The van der Waals surface area contributed by atoms with E-state index in [1.165, 1.54) is 24.3 Å². The summed E-state index contributed by atoms with van der Waals surface area (Å²) >= 11 is 0. The zero-order valence-corrected chi connectivity index (χ0v) is 18.6. The minimum atomic E-state index is -3.64. The van der Waals surface area contributed by atoms with Crippen molar-refractivity contribution < 1.29 is 22.7 Å². The number of hydrogen-bond donors (Lipinski definition) is 1. The number of carbonyl (C=O) groups is 2.